The molecule has 2 heterocycles. The van der Waals surface area contributed by atoms with Crippen LogP contribution in [0.4, 0.5) is 0 Å². The van der Waals surface area contributed by atoms with Crippen LogP contribution < -0.4 is 0 Å². The van der Waals surface area contributed by atoms with Crippen molar-refractivity contribution in [1.29, 1.82) is 0 Å². The molecule has 1 saturated heterocycles. The highest BCUT2D eigenvalue weighted by Gasteiger charge is 2.22. The van der Waals surface area contributed by atoms with Crippen molar-refractivity contribution in [2.75, 3.05) is 32.7 Å². The Morgan fingerprint density at radius 3 is 2.75 bits per heavy atom. The highest BCUT2D eigenvalue weighted by Crippen LogP contribution is 2.12. The van der Waals surface area contributed by atoms with E-state index in [1.807, 2.05) is 23.1 Å². The van der Waals surface area contributed by atoms with Gasteiger partial charge in [0.25, 0.3) is 0 Å². The van der Waals surface area contributed by atoms with E-state index in [9.17, 15) is 4.79 Å². The van der Waals surface area contributed by atoms with Crippen LogP contribution in [0.2, 0.25) is 5.02 Å². The number of hydrogen-bond donors (Lipinski definition) is 0. The van der Waals surface area contributed by atoms with Gasteiger partial charge in [0.1, 0.15) is 0 Å². The van der Waals surface area contributed by atoms with Crippen LogP contribution in [0, 0.1) is 6.92 Å². The minimum Gasteiger partial charge on any atom is -0.340 e. The molecule has 0 saturated carbocycles. The van der Waals surface area contributed by atoms with Gasteiger partial charge >= 0.3 is 0 Å². The van der Waals surface area contributed by atoms with Crippen LogP contribution in [0.3, 0.4) is 0 Å². The van der Waals surface area contributed by atoms with Crippen LogP contribution in [0.1, 0.15) is 17.3 Å². The molecule has 24 heavy (non-hydrogen) atoms. The summed E-state index contributed by atoms with van der Waals surface area (Å²) >= 11 is 6.01. The predicted molar refractivity (Wildman–Crippen MR) is 90.9 cm³/mol. The zero-order valence-electron chi connectivity index (χ0n) is 13.7. The fraction of sp³-hybridized carbons (Fsp3) is 0.471. The van der Waals surface area contributed by atoms with E-state index in [0.717, 1.165) is 44.2 Å². The summed E-state index contributed by atoms with van der Waals surface area (Å²) in [5.41, 5.74) is 1.24. The van der Waals surface area contributed by atoms with Crippen LogP contribution in [0.25, 0.3) is 0 Å². The molecular formula is C17H21ClN4O2. The third-order valence-corrected chi connectivity index (χ3v) is 4.44. The lowest BCUT2D eigenvalue weighted by Gasteiger charge is -2.34. The van der Waals surface area contributed by atoms with Crippen molar-refractivity contribution >= 4 is 17.5 Å². The number of amides is 1. The van der Waals surface area contributed by atoms with Crippen LogP contribution in [-0.4, -0.2) is 58.6 Å². The standard InChI is InChI=1S/C17H21ClN4O2/c1-13-19-16(20-24-13)12-17(23)22-9-7-21(8-10-22)6-5-14-3-2-4-15(18)11-14/h2-4,11H,5-10,12H2,1H3. The highest BCUT2D eigenvalue weighted by molar-refractivity contribution is 6.30. The quantitative estimate of drug-likeness (QED) is 0.826. The number of hydrogen-bond acceptors (Lipinski definition) is 5. The van der Waals surface area contributed by atoms with E-state index >= 15 is 0 Å². The van der Waals surface area contributed by atoms with Gasteiger partial charge in [-0.15, -0.1) is 0 Å². The molecule has 0 unspecified atom stereocenters. The van der Waals surface area contributed by atoms with Gasteiger partial charge in [-0.3, -0.25) is 9.69 Å². The van der Waals surface area contributed by atoms with E-state index in [1.54, 1.807) is 6.92 Å². The van der Waals surface area contributed by atoms with Gasteiger partial charge in [0.15, 0.2) is 5.82 Å². The molecule has 3 rings (SSSR count). The van der Waals surface area contributed by atoms with Crippen LogP contribution >= 0.6 is 11.6 Å². The summed E-state index contributed by atoms with van der Waals surface area (Å²) in [6.45, 7) is 5.96. The van der Waals surface area contributed by atoms with Gasteiger partial charge in [0.05, 0.1) is 6.42 Å². The monoisotopic (exact) mass is 348 g/mol. The largest absolute Gasteiger partial charge is 0.340 e. The predicted octanol–water partition coefficient (Wildman–Crippen LogP) is 1.96. The topological polar surface area (TPSA) is 62.5 Å². The summed E-state index contributed by atoms with van der Waals surface area (Å²) < 4.78 is 4.90. The minimum atomic E-state index is 0.0605. The molecule has 0 bridgehead atoms. The van der Waals surface area contributed by atoms with Gasteiger partial charge in [0, 0.05) is 44.7 Å². The van der Waals surface area contributed by atoms with E-state index < -0.39 is 0 Å². The van der Waals surface area contributed by atoms with Crippen LogP contribution in [0.5, 0.6) is 0 Å². The second kappa shape index (κ2) is 7.77. The Morgan fingerprint density at radius 2 is 2.08 bits per heavy atom. The molecule has 0 N–H and O–H groups in total. The molecule has 0 spiro atoms. The summed E-state index contributed by atoms with van der Waals surface area (Å²) in [5, 5.41) is 4.56. The molecule has 0 radical (unpaired) electrons. The summed E-state index contributed by atoms with van der Waals surface area (Å²) in [6, 6.07) is 7.97. The highest BCUT2D eigenvalue weighted by atomic mass is 35.5. The second-order valence-corrected chi connectivity index (χ2v) is 6.45. The van der Waals surface area contributed by atoms with Crippen molar-refractivity contribution in [2.45, 2.75) is 19.8 Å². The van der Waals surface area contributed by atoms with E-state index in [4.69, 9.17) is 16.1 Å². The van der Waals surface area contributed by atoms with E-state index in [0.29, 0.717) is 11.7 Å². The number of aromatic nitrogens is 2. The second-order valence-electron chi connectivity index (χ2n) is 6.01. The third-order valence-electron chi connectivity index (χ3n) is 4.21. The van der Waals surface area contributed by atoms with Crippen molar-refractivity contribution < 1.29 is 9.32 Å². The number of nitrogens with zero attached hydrogens (tertiary/aromatic N) is 4. The number of rotatable bonds is 5. The first-order valence-electron chi connectivity index (χ1n) is 8.14. The lowest BCUT2D eigenvalue weighted by Crippen LogP contribution is -2.49. The molecule has 0 atom stereocenters. The van der Waals surface area contributed by atoms with Gasteiger partial charge in [-0.1, -0.05) is 28.9 Å². The number of carbonyl (C=O) groups is 1. The van der Waals surface area contributed by atoms with E-state index in [1.165, 1.54) is 5.56 Å². The fourth-order valence-electron chi connectivity index (χ4n) is 2.86. The Morgan fingerprint density at radius 1 is 1.29 bits per heavy atom. The van der Waals surface area contributed by atoms with E-state index in [-0.39, 0.29) is 12.3 Å². The van der Waals surface area contributed by atoms with Crippen molar-refractivity contribution in [2.24, 2.45) is 0 Å². The van der Waals surface area contributed by atoms with Gasteiger partial charge in [-0.25, -0.2) is 0 Å². The van der Waals surface area contributed by atoms with E-state index in [2.05, 4.69) is 21.1 Å². The molecule has 2 aromatic rings. The Kier molecular flexibility index (Phi) is 5.48. The summed E-state index contributed by atoms with van der Waals surface area (Å²) in [4.78, 5) is 20.6. The Bertz CT molecular complexity index is 695. The lowest BCUT2D eigenvalue weighted by atomic mass is 10.1. The smallest absolute Gasteiger partial charge is 0.230 e. The molecule has 0 aliphatic carbocycles. The molecule has 7 heteroatoms. The zero-order chi connectivity index (χ0) is 16.9. The average molecular weight is 349 g/mol. The van der Waals surface area contributed by atoms with Gasteiger partial charge < -0.3 is 9.42 Å². The molecule has 1 amide bonds. The Hall–Kier alpha value is -1.92. The Balaban J connectivity index is 1.42. The SMILES string of the molecule is Cc1nc(CC(=O)N2CCN(CCc3cccc(Cl)c3)CC2)no1. The van der Waals surface area contributed by atoms with Crippen molar-refractivity contribution in [1.82, 2.24) is 19.9 Å². The summed E-state index contributed by atoms with van der Waals surface area (Å²) in [7, 11) is 0. The van der Waals surface area contributed by atoms with Gasteiger partial charge in [-0.2, -0.15) is 4.98 Å². The van der Waals surface area contributed by atoms with Crippen molar-refractivity contribution in [3.63, 3.8) is 0 Å². The molecule has 6 nitrogen and oxygen atoms in total. The molecular weight excluding hydrogens is 328 g/mol. The first kappa shape index (κ1) is 16.9. The number of carbonyl (C=O) groups excluding carboxylic acids is 1. The third kappa shape index (κ3) is 4.55. The van der Waals surface area contributed by atoms with Crippen LogP contribution in [0.15, 0.2) is 28.8 Å². The minimum absolute atomic E-state index is 0.0605. The first-order valence-corrected chi connectivity index (χ1v) is 8.52. The van der Waals surface area contributed by atoms with Gasteiger partial charge in [-0.05, 0) is 24.1 Å². The number of benzene rings is 1. The fourth-order valence-corrected chi connectivity index (χ4v) is 3.07. The number of piperazine rings is 1. The normalized spacial score (nSPS) is 15.7. The number of halogens is 1. The zero-order valence-corrected chi connectivity index (χ0v) is 14.5. The number of aryl methyl sites for hydroxylation is 1. The molecule has 1 aliphatic rings. The maximum atomic E-state index is 12.3. The lowest BCUT2D eigenvalue weighted by molar-refractivity contribution is -0.132. The maximum Gasteiger partial charge on any atom is 0.230 e. The first-order chi connectivity index (χ1) is 11.6. The molecule has 128 valence electrons. The van der Waals surface area contributed by atoms with Crippen molar-refractivity contribution in [3.05, 3.63) is 46.6 Å². The molecule has 1 fully saturated rings. The summed E-state index contributed by atoms with van der Waals surface area (Å²) in [6.07, 6.45) is 1.18. The van der Waals surface area contributed by atoms with Gasteiger partial charge in [0.2, 0.25) is 11.8 Å². The summed E-state index contributed by atoms with van der Waals surface area (Å²) in [5.74, 6) is 1.01. The van der Waals surface area contributed by atoms with Crippen molar-refractivity contribution in [3.8, 4) is 0 Å². The maximum absolute atomic E-state index is 12.3. The van der Waals surface area contributed by atoms with Crippen LogP contribution in [-0.2, 0) is 17.6 Å². The molecule has 1 aliphatic heterocycles. The molecule has 1 aromatic heterocycles. The molecule has 1 aromatic carbocycles. The average Bonchev–Trinajstić information content (AvgIpc) is 2.98. The Labute approximate surface area is 146 Å².